The van der Waals surface area contributed by atoms with Gasteiger partial charge in [0.1, 0.15) is 17.4 Å². The van der Waals surface area contributed by atoms with Gasteiger partial charge >= 0.3 is 6.18 Å². The van der Waals surface area contributed by atoms with Crippen LogP contribution in [-0.2, 0) is 10.9 Å². The zero-order valence-corrected chi connectivity index (χ0v) is 24.9. The van der Waals surface area contributed by atoms with Crippen LogP contribution in [0.3, 0.4) is 0 Å². The van der Waals surface area contributed by atoms with Crippen molar-refractivity contribution < 1.29 is 22.7 Å². The maximum Gasteiger partial charge on any atom is 0.418 e. The Balaban J connectivity index is 1.38. The summed E-state index contributed by atoms with van der Waals surface area (Å²) in [7, 11) is 5.33. The number of carbonyl (C=O) groups is 1. The van der Waals surface area contributed by atoms with Gasteiger partial charge in [0.05, 0.1) is 25.0 Å². The van der Waals surface area contributed by atoms with Gasteiger partial charge in [-0.1, -0.05) is 6.07 Å². The summed E-state index contributed by atoms with van der Waals surface area (Å²) in [6.07, 6.45) is -1.57. The molecule has 0 unspecified atom stereocenters. The molecular weight excluding hydrogens is 575 g/mol. The molecule has 1 fully saturated rings. The van der Waals surface area contributed by atoms with Crippen molar-refractivity contribution in [1.29, 1.82) is 0 Å². The van der Waals surface area contributed by atoms with Crippen LogP contribution in [0.1, 0.15) is 21.5 Å². The molecular formula is C30H34F3N9O2. The molecule has 0 radical (unpaired) electrons. The van der Waals surface area contributed by atoms with Gasteiger partial charge in [-0.15, -0.1) is 0 Å². The van der Waals surface area contributed by atoms with Crippen LogP contribution in [0.15, 0.2) is 48.9 Å². The third-order valence-corrected chi connectivity index (χ3v) is 7.27. The maximum atomic E-state index is 14.0. The summed E-state index contributed by atoms with van der Waals surface area (Å²) in [6, 6.07) is 8.80. The number of anilines is 5. The molecule has 1 amide bonds. The van der Waals surface area contributed by atoms with Crippen molar-refractivity contribution in [1.82, 2.24) is 24.8 Å². The predicted octanol–water partition coefficient (Wildman–Crippen LogP) is 4.58. The second-order valence-electron chi connectivity index (χ2n) is 10.8. The lowest BCUT2D eigenvalue weighted by Gasteiger charge is -2.26. The zero-order chi connectivity index (χ0) is 31.4. The third kappa shape index (κ3) is 7.14. The van der Waals surface area contributed by atoms with E-state index in [-0.39, 0.29) is 16.9 Å². The summed E-state index contributed by atoms with van der Waals surface area (Å²) in [5.41, 5.74) is 1.96. The highest BCUT2D eigenvalue weighted by Gasteiger charge is 2.35. The second-order valence-corrected chi connectivity index (χ2v) is 10.8. The number of ether oxygens (including phenoxy) is 1. The number of fused-ring (bicyclic) bond motifs is 1. The molecule has 0 spiro atoms. The Kier molecular flexibility index (Phi) is 9.11. The van der Waals surface area contributed by atoms with Gasteiger partial charge in [0, 0.05) is 55.9 Å². The zero-order valence-electron chi connectivity index (χ0n) is 24.9. The second kappa shape index (κ2) is 13.0. The number of halogens is 3. The van der Waals surface area contributed by atoms with E-state index < -0.39 is 17.6 Å². The largest absolute Gasteiger partial charge is 0.418 e. The van der Waals surface area contributed by atoms with Crippen molar-refractivity contribution in [3.63, 3.8) is 0 Å². The molecule has 1 aliphatic rings. The van der Waals surface area contributed by atoms with Gasteiger partial charge in [-0.25, -0.2) is 19.9 Å². The molecule has 2 aromatic heterocycles. The topological polar surface area (TPSA) is 112 Å². The summed E-state index contributed by atoms with van der Waals surface area (Å²) in [6.45, 7) is 5.36. The third-order valence-electron chi connectivity index (χ3n) is 7.27. The van der Waals surface area contributed by atoms with E-state index in [9.17, 15) is 18.0 Å². The number of aromatic nitrogens is 4. The lowest BCUT2D eigenvalue weighted by atomic mass is 10.1. The monoisotopic (exact) mass is 609 g/mol. The standard InChI is InChI=1S/C30H34F3N9O2/c1-19-5-6-20(28(43)37-21-7-8-25(22(16-21)30(31,32)33)41(4)10-9-40(2)3)15-23(19)38-27-26-24(35-18-36-27)17-34-29(39-26)42-11-13-44-14-12-42/h5-8,15-18H,9-14H2,1-4H3,(H,37,43)(H,35,36,38). The highest BCUT2D eigenvalue weighted by Crippen LogP contribution is 2.38. The molecule has 44 heavy (non-hydrogen) atoms. The van der Waals surface area contributed by atoms with Gasteiger partial charge in [-0.3, -0.25) is 4.79 Å². The number of rotatable bonds is 9. The maximum absolute atomic E-state index is 14.0. The SMILES string of the molecule is Cc1ccc(C(=O)Nc2ccc(N(C)CCN(C)C)c(C(F)(F)F)c2)cc1Nc1ncnc2cnc(N3CCOCC3)nc12. The van der Waals surface area contributed by atoms with Crippen molar-refractivity contribution in [2.24, 2.45) is 0 Å². The molecule has 232 valence electrons. The van der Waals surface area contributed by atoms with Crippen LogP contribution in [-0.4, -0.2) is 91.3 Å². The molecule has 4 aromatic rings. The molecule has 14 heteroatoms. The molecule has 0 atom stereocenters. The van der Waals surface area contributed by atoms with E-state index in [1.807, 2.05) is 30.8 Å². The number of likely N-dealkylation sites (N-methyl/N-ethyl adjacent to an activating group) is 2. The van der Waals surface area contributed by atoms with Crippen molar-refractivity contribution in [3.05, 3.63) is 65.6 Å². The first-order valence-electron chi connectivity index (χ1n) is 14.1. The summed E-state index contributed by atoms with van der Waals surface area (Å²) >= 11 is 0. The van der Waals surface area contributed by atoms with Crippen molar-refractivity contribution in [2.75, 3.05) is 81.0 Å². The summed E-state index contributed by atoms with van der Waals surface area (Å²) < 4.78 is 47.4. The normalized spacial score (nSPS) is 13.8. The molecule has 0 bridgehead atoms. The average Bonchev–Trinajstić information content (AvgIpc) is 3.00. The van der Waals surface area contributed by atoms with Crippen LogP contribution in [0, 0.1) is 6.92 Å². The summed E-state index contributed by atoms with van der Waals surface area (Å²) in [5, 5.41) is 5.87. The smallest absolute Gasteiger partial charge is 0.378 e. The Morgan fingerprint density at radius 2 is 1.80 bits per heavy atom. The van der Waals surface area contributed by atoms with E-state index >= 15 is 0 Å². The molecule has 5 rings (SSSR count). The van der Waals surface area contributed by atoms with E-state index in [2.05, 4.69) is 25.6 Å². The molecule has 2 N–H and O–H groups in total. The Morgan fingerprint density at radius 1 is 1.02 bits per heavy atom. The van der Waals surface area contributed by atoms with Crippen LogP contribution in [0.2, 0.25) is 0 Å². The minimum absolute atomic E-state index is 0.0382. The first-order chi connectivity index (χ1) is 21.0. The van der Waals surface area contributed by atoms with Crippen LogP contribution < -0.4 is 20.4 Å². The Morgan fingerprint density at radius 3 is 2.52 bits per heavy atom. The van der Waals surface area contributed by atoms with E-state index in [4.69, 9.17) is 9.72 Å². The predicted molar refractivity (Wildman–Crippen MR) is 164 cm³/mol. The minimum Gasteiger partial charge on any atom is -0.378 e. The van der Waals surface area contributed by atoms with E-state index in [1.165, 1.54) is 18.5 Å². The average molecular weight is 610 g/mol. The number of morpholine rings is 1. The van der Waals surface area contributed by atoms with Crippen LogP contribution in [0.4, 0.5) is 42.0 Å². The van der Waals surface area contributed by atoms with Gasteiger partial charge in [0.2, 0.25) is 5.95 Å². The number of nitrogens with one attached hydrogen (secondary N) is 2. The summed E-state index contributed by atoms with van der Waals surface area (Å²) in [5.74, 6) is 0.410. The number of hydrogen-bond donors (Lipinski definition) is 2. The Labute approximate surface area is 253 Å². The van der Waals surface area contributed by atoms with E-state index in [1.54, 1.807) is 36.3 Å². The first-order valence-corrected chi connectivity index (χ1v) is 14.1. The molecule has 1 aliphatic heterocycles. The number of amides is 1. The molecule has 11 nitrogen and oxygen atoms in total. The van der Waals surface area contributed by atoms with Crippen LogP contribution >= 0.6 is 0 Å². The van der Waals surface area contributed by atoms with Gasteiger partial charge < -0.3 is 30.1 Å². The molecule has 0 aliphatic carbocycles. The van der Waals surface area contributed by atoms with Gasteiger partial charge in [-0.2, -0.15) is 13.2 Å². The van der Waals surface area contributed by atoms with Gasteiger partial charge in [0.25, 0.3) is 5.91 Å². The number of aryl methyl sites for hydroxylation is 1. The van der Waals surface area contributed by atoms with Crippen molar-refractivity contribution >= 4 is 45.8 Å². The number of carbonyl (C=O) groups excluding carboxylic acids is 1. The summed E-state index contributed by atoms with van der Waals surface area (Å²) in [4.78, 5) is 36.5. The first kappa shape index (κ1) is 30.9. The van der Waals surface area contributed by atoms with E-state index in [0.717, 1.165) is 11.6 Å². The molecule has 0 saturated carbocycles. The highest BCUT2D eigenvalue weighted by atomic mass is 19.4. The van der Waals surface area contributed by atoms with Crippen molar-refractivity contribution in [2.45, 2.75) is 13.1 Å². The minimum atomic E-state index is -4.60. The lowest BCUT2D eigenvalue weighted by molar-refractivity contribution is -0.137. The number of hydrogen-bond acceptors (Lipinski definition) is 10. The van der Waals surface area contributed by atoms with Gasteiger partial charge in [0.15, 0.2) is 5.82 Å². The van der Waals surface area contributed by atoms with Crippen molar-refractivity contribution in [3.8, 4) is 0 Å². The molecule has 1 saturated heterocycles. The van der Waals surface area contributed by atoms with E-state index in [0.29, 0.717) is 67.9 Å². The fraction of sp³-hybridized carbons (Fsp3) is 0.367. The Hall–Kier alpha value is -4.56. The lowest BCUT2D eigenvalue weighted by Crippen LogP contribution is -2.37. The number of benzene rings is 2. The fourth-order valence-corrected chi connectivity index (χ4v) is 4.72. The molecule has 3 heterocycles. The van der Waals surface area contributed by atoms with Gasteiger partial charge in [-0.05, 0) is 56.9 Å². The molecule has 2 aromatic carbocycles. The van der Waals surface area contributed by atoms with Crippen LogP contribution in [0.5, 0.6) is 0 Å². The highest BCUT2D eigenvalue weighted by molar-refractivity contribution is 6.05. The Bertz CT molecular complexity index is 1640. The quantitative estimate of drug-likeness (QED) is 0.280. The van der Waals surface area contributed by atoms with Crippen LogP contribution in [0.25, 0.3) is 11.0 Å². The number of alkyl halides is 3. The fourth-order valence-electron chi connectivity index (χ4n) is 4.72. The number of nitrogens with zero attached hydrogens (tertiary/aromatic N) is 7.